The number of amides is 1. The Morgan fingerprint density at radius 2 is 2.22 bits per heavy atom. The van der Waals surface area contributed by atoms with E-state index in [1.54, 1.807) is 0 Å². The van der Waals surface area contributed by atoms with Gasteiger partial charge >= 0.3 is 0 Å². The Morgan fingerprint density at radius 1 is 1.39 bits per heavy atom. The Morgan fingerprint density at radius 3 is 2.94 bits per heavy atom. The van der Waals surface area contributed by atoms with Gasteiger partial charge in [-0.2, -0.15) is 0 Å². The largest absolute Gasteiger partial charge is 0.340 e. The Kier molecular flexibility index (Phi) is 3.12. The van der Waals surface area contributed by atoms with Crippen LogP contribution in [0.4, 0.5) is 0 Å². The lowest BCUT2D eigenvalue weighted by Gasteiger charge is -2.32. The van der Waals surface area contributed by atoms with Crippen LogP contribution in [0.3, 0.4) is 0 Å². The van der Waals surface area contributed by atoms with Crippen LogP contribution in [0.2, 0.25) is 0 Å². The maximum atomic E-state index is 12.6. The van der Waals surface area contributed by atoms with E-state index in [2.05, 4.69) is 9.88 Å². The molecule has 1 aromatic heterocycles. The molecule has 0 spiro atoms. The Hall–Kier alpha value is -1.29. The third-order valence-electron chi connectivity index (χ3n) is 4.06. The molecular formula is C14H21N3O. The average Bonchev–Trinajstić information content (AvgIpc) is 3.15. The molecule has 2 fully saturated rings. The van der Waals surface area contributed by atoms with Crippen LogP contribution >= 0.6 is 0 Å². The summed E-state index contributed by atoms with van der Waals surface area (Å²) < 4.78 is 2.16. The SMILES string of the molecule is CNC1CCCN(C(=O)c2cccn2C2CC2)C1. The Bertz CT molecular complexity index is 436. The molecule has 0 aromatic carbocycles. The zero-order valence-electron chi connectivity index (χ0n) is 10.9. The van der Waals surface area contributed by atoms with E-state index in [0.717, 1.165) is 25.2 Å². The van der Waals surface area contributed by atoms with Gasteiger partial charge in [0.15, 0.2) is 0 Å². The maximum Gasteiger partial charge on any atom is 0.270 e. The molecule has 4 nitrogen and oxygen atoms in total. The molecule has 1 aliphatic heterocycles. The molecule has 98 valence electrons. The molecule has 0 bridgehead atoms. The molecule has 1 atom stereocenters. The fourth-order valence-electron chi connectivity index (χ4n) is 2.81. The van der Waals surface area contributed by atoms with Crippen molar-refractivity contribution in [3.63, 3.8) is 0 Å². The predicted octanol–water partition coefficient (Wildman–Crippen LogP) is 1.65. The highest BCUT2D eigenvalue weighted by Crippen LogP contribution is 2.36. The van der Waals surface area contributed by atoms with Crippen molar-refractivity contribution in [2.75, 3.05) is 20.1 Å². The van der Waals surface area contributed by atoms with E-state index in [0.29, 0.717) is 12.1 Å². The van der Waals surface area contributed by atoms with Gasteiger partial charge in [0.1, 0.15) is 5.69 Å². The van der Waals surface area contributed by atoms with Crippen molar-refractivity contribution in [3.8, 4) is 0 Å². The fraction of sp³-hybridized carbons (Fsp3) is 0.643. The zero-order valence-corrected chi connectivity index (χ0v) is 10.9. The highest BCUT2D eigenvalue weighted by atomic mass is 16.2. The number of carbonyl (C=O) groups is 1. The van der Waals surface area contributed by atoms with Crippen molar-refractivity contribution in [3.05, 3.63) is 24.0 Å². The van der Waals surface area contributed by atoms with Crippen molar-refractivity contribution in [1.82, 2.24) is 14.8 Å². The van der Waals surface area contributed by atoms with Gasteiger partial charge < -0.3 is 14.8 Å². The van der Waals surface area contributed by atoms with Gasteiger partial charge in [0.05, 0.1) is 0 Å². The summed E-state index contributed by atoms with van der Waals surface area (Å²) >= 11 is 0. The van der Waals surface area contributed by atoms with Gasteiger partial charge in [-0.1, -0.05) is 0 Å². The normalized spacial score (nSPS) is 24.3. The number of carbonyl (C=O) groups excluding carboxylic acids is 1. The number of hydrogen-bond acceptors (Lipinski definition) is 2. The van der Waals surface area contributed by atoms with Crippen molar-refractivity contribution >= 4 is 5.91 Å². The van der Waals surface area contributed by atoms with Crippen LogP contribution in [-0.2, 0) is 0 Å². The monoisotopic (exact) mass is 247 g/mol. The van der Waals surface area contributed by atoms with Gasteiger partial charge in [-0.25, -0.2) is 0 Å². The average molecular weight is 247 g/mol. The summed E-state index contributed by atoms with van der Waals surface area (Å²) in [5, 5.41) is 3.28. The number of likely N-dealkylation sites (tertiary alicyclic amines) is 1. The van der Waals surface area contributed by atoms with E-state index in [9.17, 15) is 4.79 Å². The molecule has 1 unspecified atom stereocenters. The second-order valence-electron chi connectivity index (χ2n) is 5.41. The number of nitrogens with one attached hydrogen (secondary N) is 1. The molecule has 1 amide bonds. The first-order valence-corrected chi connectivity index (χ1v) is 6.93. The first-order chi connectivity index (χ1) is 8.79. The lowest BCUT2D eigenvalue weighted by Crippen LogP contribution is -2.47. The van der Waals surface area contributed by atoms with Gasteiger partial charge in [-0.15, -0.1) is 0 Å². The minimum Gasteiger partial charge on any atom is -0.340 e. The number of nitrogens with zero attached hydrogens (tertiary/aromatic N) is 2. The molecule has 1 saturated carbocycles. The molecule has 1 saturated heterocycles. The van der Waals surface area contributed by atoms with Gasteiger partial charge in [-0.05, 0) is 44.9 Å². The van der Waals surface area contributed by atoms with E-state index in [4.69, 9.17) is 0 Å². The summed E-state index contributed by atoms with van der Waals surface area (Å²) in [7, 11) is 1.98. The molecule has 18 heavy (non-hydrogen) atoms. The summed E-state index contributed by atoms with van der Waals surface area (Å²) in [5.74, 6) is 0.201. The summed E-state index contributed by atoms with van der Waals surface area (Å²) in [6, 6.07) is 4.98. The lowest BCUT2D eigenvalue weighted by atomic mass is 10.1. The summed E-state index contributed by atoms with van der Waals surface area (Å²) in [6.45, 7) is 1.73. The van der Waals surface area contributed by atoms with Crippen LogP contribution in [0.5, 0.6) is 0 Å². The lowest BCUT2D eigenvalue weighted by molar-refractivity contribution is 0.0687. The molecule has 1 aromatic rings. The van der Waals surface area contributed by atoms with Gasteiger partial charge in [0.2, 0.25) is 0 Å². The first kappa shape index (κ1) is 11.8. The standard InChI is InChI=1S/C14H21N3O/c1-15-11-4-2-8-16(10-11)14(18)13-5-3-9-17(13)12-6-7-12/h3,5,9,11-12,15H,2,4,6-8,10H2,1H3. The van der Waals surface area contributed by atoms with E-state index >= 15 is 0 Å². The highest BCUT2D eigenvalue weighted by Gasteiger charge is 2.30. The maximum absolute atomic E-state index is 12.6. The quantitative estimate of drug-likeness (QED) is 0.882. The Labute approximate surface area is 108 Å². The third-order valence-corrected chi connectivity index (χ3v) is 4.06. The van der Waals surface area contributed by atoms with Crippen LogP contribution in [0.25, 0.3) is 0 Å². The zero-order chi connectivity index (χ0) is 12.5. The molecule has 0 radical (unpaired) electrons. The van der Waals surface area contributed by atoms with Gasteiger partial charge in [0, 0.05) is 31.4 Å². The van der Waals surface area contributed by atoms with Gasteiger partial charge in [0.25, 0.3) is 5.91 Å². The summed E-state index contributed by atoms with van der Waals surface area (Å²) in [6.07, 6.45) is 6.75. The van der Waals surface area contributed by atoms with Crippen molar-refractivity contribution in [1.29, 1.82) is 0 Å². The molecule has 2 heterocycles. The molecule has 2 aliphatic rings. The van der Waals surface area contributed by atoms with Crippen LogP contribution in [0.1, 0.15) is 42.2 Å². The number of rotatable bonds is 3. The summed E-state index contributed by atoms with van der Waals surface area (Å²) in [5.41, 5.74) is 0.870. The van der Waals surface area contributed by atoms with Crippen LogP contribution in [0, 0.1) is 0 Å². The summed E-state index contributed by atoms with van der Waals surface area (Å²) in [4.78, 5) is 14.6. The van der Waals surface area contributed by atoms with E-state index in [-0.39, 0.29) is 5.91 Å². The van der Waals surface area contributed by atoms with Crippen LogP contribution < -0.4 is 5.32 Å². The Balaban J connectivity index is 1.74. The second-order valence-corrected chi connectivity index (χ2v) is 5.41. The second kappa shape index (κ2) is 4.76. The van der Waals surface area contributed by atoms with Crippen molar-refractivity contribution < 1.29 is 4.79 Å². The number of hydrogen-bond donors (Lipinski definition) is 1. The van der Waals surface area contributed by atoms with Crippen molar-refractivity contribution in [2.24, 2.45) is 0 Å². The predicted molar refractivity (Wildman–Crippen MR) is 70.7 cm³/mol. The molecular weight excluding hydrogens is 226 g/mol. The van der Waals surface area contributed by atoms with Crippen molar-refractivity contribution in [2.45, 2.75) is 37.8 Å². The smallest absolute Gasteiger partial charge is 0.270 e. The van der Waals surface area contributed by atoms with Crippen LogP contribution in [0.15, 0.2) is 18.3 Å². The van der Waals surface area contributed by atoms with Gasteiger partial charge in [-0.3, -0.25) is 4.79 Å². The molecule has 1 aliphatic carbocycles. The van der Waals surface area contributed by atoms with E-state index in [1.807, 2.05) is 30.3 Å². The topological polar surface area (TPSA) is 37.3 Å². The van der Waals surface area contributed by atoms with E-state index < -0.39 is 0 Å². The minimum absolute atomic E-state index is 0.201. The third kappa shape index (κ3) is 2.17. The molecule has 1 N–H and O–H groups in total. The number of aromatic nitrogens is 1. The van der Waals surface area contributed by atoms with Crippen LogP contribution in [-0.4, -0.2) is 41.6 Å². The highest BCUT2D eigenvalue weighted by molar-refractivity contribution is 5.93. The number of piperidine rings is 1. The number of likely N-dealkylation sites (N-methyl/N-ethyl adjacent to an activating group) is 1. The molecule has 3 rings (SSSR count). The first-order valence-electron chi connectivity index (χ1n) is 6.93. The molecule has 4 heteroatoms. The van der Waals surface area contributed by atoms with E-state index in [1.165, 1.54) is 19.3 Å². The fourth-order valence-corrected chi connectivity index (χ4v) is 2.81. The minimum atomic E-state index is 0.201.